The van der Waals surface area contributed by atoms with E-state index >= 15 is 0 Å². The molecule has 5 nitrogen and oxygen atoms in total. The average molecular weight is 401 g/mol. The lowest BCUT2D eigenvalue weighted by atomic mass is 10.1. The highest BCUT2D eigenvalue weighted by Gasteiger charge is 2.13. The molecule has 6 heteroatoms. The van der Waals surface area contributed by atoms with E-state index in [0.29, 0.717) is 17.1 Å². The molecule has 0 radical (unpaired) electrons. The van der Waals surface area contributed by atoms with Gasteiger partial charge in [0.25, 0.3) is 0 Å². The molecule has 0 aliphatic carbocycles. The van der Waals surface area contributed by atoms with Crippen LogP contribution in [-0.2, 0) is 13.1 Å². The van der Waals surface area contributed by atoms with Gasteiger partial charge in [0.15, 0.2) is 5.78 Å². The molecule has 0 atom stereocenters. The average Bonchev–Trinajstić information content (AvgIpc) is 3.32. The second kappa shape index (κ2) is 7.18. The quantitative estimate of drug-likeness (QED) is 0.391. The first-order valence-electron chi connectivity index (χ1n) is 9.33. The van der Waals surface area contributed by atoms with Crippen LogP contribution in [0.25, 0.3) is 21.8 Å². The van der Waals surface area contributed by atoms with Crippen molar-refractivity contribution in [1.29, 1.82) is 0 Å². The van der Waals surface area contributed by atoms with Crippen LogP contribution in [0.3, 0.4) is 0 Å². The lowest BCUT2D eigenvalue weighted by Crippen LogP contribution is -2.11. The Labute approximate surface area is 172 Å². The summed E-state index contributed by atoms with van der Waals surface area (Å²) in [6.45, 7) is 0.727. The Balaban J connectivity index is 1.43. The molecule has 0 N–H and O–H groups in total. The summed E-state index contributed by atoms with van der Waals surface area (Å²) in [5, 5.41) is 11.5. The van der Waals surface area contributed by atoms with Crippen LogP contribution in [0.2, 0.25) is 5.02 Å². The number of fused-ring (bicyclic) bond motifs is 3. The number of halogens is 1. The number of nitrogens with zero attached hydrogens (tertiary/aromatic N) is 4. The molecule has 142 valence electrons. The van der Waals surface area contributed by atoms with Crippen LogP contribution in [-0.4, -0.2) is 25.3 Å². The Morgan fingerprint density at radius 1 is 0.862 bits per heavy atom. The molecule has 2 aromatic heterocycles. The number of benzene rings is 3. The molecule has 2 heterocycles. The predicted molar refractivity (Wildman–Crippen MR) is 114 cm³/mol. The van der Waals surface area contributed by atoms with Gasteiger partial charge in [-0.25, -0.2) is 4.68 Å². The van der Waals surface area contributed by atoms with Crippen molar-refractivity contribution in [3.63, 3.8) is 0 Å². The molecule has 0 saturated heterocycles. The van der Waals surface area contributed by atoms with Crippen LogP contribution >= 0.6 is 11.6 Å². The van der Waals surface area contributed by atoms with Crippen molar-refractivity contribution < 1.29 is 4.79 Å². The molecule has 0 saturated carbocycles. The molecule has 0 spiro atoms. The van der Waals surface area contributed by atoms with E-state index in [1.165, 1.54) is 10.8 Å². The smallest absolute Gasteiger partial charge is 0.184 e. The van der Waals surface area contributed by atoms with E-state index in [-0.39, 0.29) is 12.3 Å². The van der Waals surface area contributed by atoms with Crippen LogP contribution in [0.15, 0.2) is 79.0 Å². The van der Waals surface area contributed by atoms with Gasteiger partial charge >= 0.3 is 0 Å². The zero-order chi connectivity index (χ0) is 19.8. The Kier molecular flexibility index (Phi) is 4.37. The van der Waals surface area contributed by atoms with Crippen molar-refractivity contribution in [2.24, 2.45) is 0 Å². The van der Waals surface area contributed by atoms with Crippen molar-refractivity contribution in [2.75, 3.05) is 0 Å². The normalized spacial score (nSPS) is 11.3. The monoisotopic (exact) mass is 400 g/mol. The Hall–Kier alpha value is -3.44. The number of carbonyl (C=O) groups is 1. The number of para-hydroxylation sites is 2. The first kappa shape index (κ1) is 17.6. The molecule has 0 aliphatic heterocycles. The van der Waals surface area contributed by atoms with Crippen LogP contribution in [0.4, 0.5) is 0 Å². The number of carbonyl (C=O) groups excluding carboxylic acids is 1. The lowest BCUT2D eigenvalue weighted by Gasteiger charge is -2.04. The zero-order valence-corrected chi connectivity index (χ0v) is 16.3. The van der Waals surface area contributed by atoms with Gasteiger partial charge in [-0.15, -0.1) is 5.10 Å². The summed E-state index contributed by atoms with van der Waals surface area (Å²) in [6, 6.07) is 23.6. The van der Waals surface area contributed by atoms with E-state index in [9.17, 15) is 4.79 Å². The molecule has 29 heavy (non-hydrogen) atoms. The summed E-state index contributed by atoms with van der Waals surface area (Å²) >= 11 is 5.89. The molecular formula is C23H17ClN4O. The van der Waals surface area contributed by atoms with Gasteiger partial charge in [-0.2, -0.15) is 0 Å². The number of rotatable bonds is 5. The molecule has 3 aromatic carbocycles. The summed E-state index contributed by atoms with van der Waals surface area (Å²) in [4.78, 5) is 12.5. The topological polar surface area (TPSA) is 52.7 Å². The fourth-order valence-corrected chi connectivity index (χ4v) is 3.82. The van der Waals surface area contributed by atoms with Gasteiger partial charge in [-0.3, -0.25) is 4.79 Å². The third kappa shape index (κ3) is 3.30. The Morgan fingerprint density at radius 2 is 1.48 bits per heavy atom. The predicted octanol–water partition coefficient (Wildman–Crippen LogP) is 4.97. The molecule has 0 amide bonds. The van der Waals surface area contributed by atoms with E-state index in [1.54, 1.807) is 28.9 Å². The van der Waals surface area contributed by atoms with Crippen molar-refractivity contribution in [3.05, 3.63) is 95.3 Å². The van der Waals surface area contributed by atoms with E-state index in [1.807, 2.05) is 18.3 Å². The highest BCUT2D eigenvalue weighted by atomic mass is 35.5. The van der Waals surface area contributed by atoms with Crippen LogP contribution in [0.5, 0.6) is 0 Å². The largest absolute Gasteiger partial charge is 0.334 e. The molecule has 0 unspecified atom stereocenters. The van der Waals surface area contributed by atoms with Gasteiger partial charge in [0, 0.05) is 32.4 Å². The minimum absolute atomic E-state index is 0.0324. The van der Waals surface area contributed by atoms with E-state index in [4.69, 9.17) is 11.6 Å². The van der Waals surface area contributed by atoms with Crippen LogP contribution in [0, 0.1) is 0 Å². The number of aromatic nitrogens is 4. The lowest BCUT2D eigenvalue weighted by molar-refractivity contribution is 0.0967. The van der Waals surface area contributed by atoms with Gasteiger partial charge < -0.3 is 4.57 Å². The van der Waals surface area contributed by atoms with Gasteiger partial charge in [-0.1, -0.05) is 53.2 Å². The van der Waals surface area contributed by atoms with Crippen molar-refractivity contribution >= 4 is 39.2 Å². The van der Waals surface area contributed by atoms with Crippen molar-refractivity contribution in [3.8, 4) is 0 Å². The summed E-state index contributed by atoms with van der Waals surface area (Å²) < 4.78 is 3.82. The summed E-state index contributed by atoms with van der Waals surface area (Å²) in [6.07, 6.45) is 1.83. The fourth-order valence-electron chi connectivity index (χ4n) is 3.70. The number of hydrogen-bond donors (Lipinski definition) is 0. The van der Waals surface area contributed by atoms with Crippen molar-refractivity contribution in [1.82, 2.24) is 19.6 Å². The van der Waals surface area contributed by atoms with Gasteiger partial charge in [0.2, 0.25) is 0 Å². The third-order valence-electron chi connectivity index (χ3n) is 5.06. The van der Waals surface area contributed by atoms with Crippen molar-refractivity contribution in [2.45, 2.75) is 13.1 Å². The molecule has 0 fully saturated rings. The fraction of sp³-hybridized carbons (Fsp3) is 0.0870. The number of ketones is 1. The van der Waals surface area contributed by atoms with E-state index in [0.717, 1.165) is 16.7 Å². The SMILES string of the molecule is O=C(Cn1cc(Cn2c3ccccc3c3ccccc32)nn1)c1ccc(Cl)cc1. The molecule has 0 aliphatic rings. The highest BCUT2D eigenvalue weighted by molar-refractivity contribution is 6.30. The Morgan fingerprint density at radius 3 is 2.14 bits per heavy atom. The zero-order valence-electron chi connectivity index (χ0n) is 15.5. The first-order valence-corrected chi connectivity index (χ1v) is 9.70. The maximum absolute atomic E-state index is 12.5. The second-order valence-electron chi connectivity index (χ2n) is 6.96. The minimum atomic E-state index is -0.0324. The molecular weight excluding hydrogens is 384 g/mol. The summed E-state index contributed by atoms with van der Waals surface area (Å²) in [5.74, 6) is -0.0324. The maximum atomic E-state index is 12.5. The van der Waals surface area contributed by atoms with E-state index < -0.39 is 0 Å². The van der Waals surface area contributed by atoms with Gasteiger partial charge in [0.05, 0.1) is 12.7 Å². The minimum Gasteiger partial charge on any atom is -0.334 e. The number of hydrogen-bond acceptors (Lipinski definition) is 3. The maximum Gasteiger partial charge on any atom is 0.184 e. The summed E-state index contributed by atoms with van der Waals surface area (Å²) in [5.41, 5.74) is 3.72. The number of Topliss-reactive ketones (excluding diaryl/α,β-unsaturated/α-hetero) is 1. The third-order valence-corrected chi connectivity index (χ3v) is 5.31. The molecule has 5 rings (SSSR count). The highest BCUT2D eigenvalue weighted by Crippen LogP contribution is 2.29. The van der Waals surface area contributed by atoms with E-state index in [2.05, 4.69) is 51.3 Å². The summed E-state index contributed by atoms with van der Waals surface area (Å²) in [7, 11) is 0. The Bertz CT molecular complexity index is 1280. The molecule has 5 aromatic rings. The van der Waals surface area contributed by atoms with Crippen LogP contribution < -0.4 is 0 Å². The standard InChI is InChI=1S/C23H17ClN4O/c24-17-11-9-16(10-12-17)23(29)15-27-13-18(25-26-27)14-28-21-7-3-1-5-19(21)20-6-2-4-8-22(20)28/h1-13H,14-15H2. The van der Waals surface area contributed by atoms with Gasteiger partial charge in [0.1, 0.15) is 12.2 Å². The van der Waals surface area contributed by atoms with Gasteiger partial charge in [-0.05, 0) is 36.4 Å². The molecule has 0 bridgehead atoms. The first-order chi connectivity index (χ1) is 14.2. The van der Waals surface area contributed by atoms with Crippen LogP contribution in [0.1, 0.15) is 16.1 Å². The second-order valence-corrected chi connectivity index (χ2v) is 7.39.